The van der Waals surface area contributed by atoms with Crippen molar-refractivity contribution in [1.29, 1.82) is 0 Å². The predicted molar refractivity (Wildman–Crippen MR) is 49.5 cm³/mol. The maximum absolute atomic E-state index is 11.9. The molecule has 2 bridgehead atoms. The molecule has 2 fully saturated rings. The Kier molecular flexibility index (Phi) is 1.79. The Hall–Kier alpha value is -0.670. The number of carbonyl (C=O) groups excluding carboxylic acids is 1. The fraction of sp³-hybridized carbons (Fsp3) is 0.727. The fourth-order valence-corrected chi connectivity index (χ4v) is 2.91. The van der Waals surface area contributed by atoms with Crippen LogP contribution in [0, 0.1) is 17.8 Å². The lowest BCUT2D eigenvalue weighted by atomic mass is 9.71. The number of hydrogen-bond donors (Lipinski definition) is 0. The number of ketones is 1. The summed E-state index contributed by atoms with van der Waals surface area (Å²) in [5, 5.41) is 0. The van der Waals surface area contributed by atoms with E-state index in [2.05, 4.69) is 19.1 Å². The molecule has 76 valence electrons. The molecule has 5 atom stereocenters. The molecule has 0 radical (unpaired) electrons. The van der Waals surface area contributed by atoms with Crippen molar-refractivity contribution in [3.63, 3.8) is 0 Å². The summed E-state index contributed by atoms with van der Waals surface area (Å²) >= 11 is 0. The number of allylic oxidation sites excluding steroid dienone is 2. The van der Waals surface area contributed by atoms with Gasteiger partial charge in [-0.1, -0.05) is 19.1 Å². The molecule has 3 rings (SSSR count). The van der Waals surface area contributed by atoms with E-state index in [4.69, 9.17) is 9.47 Å². The molecule has 2 saturated heterocycles. The lowest BCUT2D eigenvalue weighted by molar-refractivity contribution is -0.168. The van der Waals surface area contributed by atoms with Crippen LogP contribution in [0.2, 0.25) is 0 Å². The quantitative estimate of drug-likeness (QED) is 0.542. The number of rotatable bonds is 0. The summed E-state index contributed by atoms with van der Waals surface area (Å²) in [5.41, 5.74) is 0. The van der Waals surface area contributed by atoms with Gasteiger partial charge in [-0.05, 0) is 12.3 Å². The van der Waals surface area contributed by atoms with Crippen LogP contribution in [0.5, 0.6) is 0 Å². The monoisotopic (exact) mass is 194 g/mol. The number of fused-ring (bicyclic) bond motifs is 4. The standard InChI is InChI=1S/C11H14O3/c1-6-3-2-4-7-8-5-13-11(14-8)10(12)9(6)7/h2-3,6-9,11H,4-5H2,1H3/t6-,7-,8-,9-,11+/m1/s1. The third-order valence-electron chi connectivity index (χ3n) is 3.62. The Labute approximate surface area is 83.1 Å². The number of hydrogen-bond acceptors (Lipinski definition) is 3. The van der Waals surface area contributed by atoms with Gasteiger partial charge in [0.05, 0.1) is 12.7 Å². The van der Waals surface area contributed by atoms with E-state index in [1.807, 2.05) is 0 Å². The molecule has 3 heteroatoms. The normalized spacial score (nSPS) is 50.6. The second-order valence-electron chi connectivity index (χ2n) is 4.45. The smallest absolute Gasteiger partial charge is 0.218 e. The Morgan fingerprint density at radius 2 is 2.36 bits per heavy atom. The summed E-state index contributed by atoms with van der Waals surface area (Å²) in [4.78, 5) is 11.9. The highest BCUT2D eigenvalue weighted by Crippen LogP contribution is 2.42. The van der Waals surface area contributed by atoms with Crippen LogP contribution in [0.25, 0.3) is 0 Å². The minimum atomic E-state index is -0.560. The average Bonchev–Trinajstić information content (AvgIpc) is 2.60. The molecule has 0 amide bonds. The highest BCUT2D eigenvalue weighted by molar-refractivity contribution is 5.86. The third kappa shape index (κ3) is 1.03. The van der Waals surface area contributed by atoms with Gasteiger partial charge in [-0.25, -0.2) is 0 Å². The van der Waals surface area contributed by atoms with E-state index in [1.165, 1.54) is 0 Å². The van der Waals surface area contributed by atoms with Crippen LogP contribution in [-0.4, -0.2) is 24.8 Å². The largest absolute Gasteiger partial charge is 0.343 e. The van der Waals surface area contributed by atoms with Crippen LogP contribution in [-0.2, 0) is 14.3 Å². The topological polar surface area (TPSA) is 35.5 Å². The first-order chi connectivity index (χ1) is 6.77. The maximum Gasteiger partial charge on any atom is 0.218 e. The van der Waals surface area contributed by atoms with Gasteiger partial charge in [0.2, 0.25) is 6.29 Å². The minimum Gasteiger partial charge on any atom is -0.343 e. The molecule has 3 aliphatic rings. The summed E-state index contributed by atoms with van der Waals surface area (Å²) in [6.45, 7) is 2.70. The molecule has 0 saturated carbocycles. The maximum atomic E-state index is 11.9. The van der Waals surface area contributed by atoms with Crippen molar-refractivity contribution in [2.24, 2.45) is 17.8 Å². The second kappa shape index (κ2) is 2.91. The third-order valence-corrected chi connectivity index (χ3v) is 3.62. The van der Waals surface area contributed by atoms with Gasteiger partial charge in [0.15, 0.2) is 5.78 Å². The summed E-state index contributed by atoms with van der Waals surface area (Å²) in [6.07, 6.45) is 4.86. The molecule has 0 spiro atoms. The van der Waals surface area contributed by atoms with E-state index in [1.54, 1.807) is 0 Å². The predicted octanol–water partition coefficient (Wildman–Crippen LogP) is 1.14. The van der Waals surface area contributed by atoms with Crippen molar-refractivity contribution in [1.82, 2.24) is 0 Å². The van der Waals surface area contributed by atoms with Crippen LogP contribution in [0.1, 0.15) is 13.3 Å². The molecule has 0 aromatic carbocycles. The van der Waals surface area contributed by atoms with Gasteiger partial charge in [-0.3, -0.25) is 4.79 Å². The van der Waals surface area contributed by atoms with Gasteiger partial charge < -0.3 is 9.47 Å². The van der Waals surface area contributed by atoms with Crippen LogP contribution in [0.15, 0.2) is 12.2 Å². The number of ether oxygens (including phenoxy) is 2. The summed E-state index contributed by atoms with van der Waals surface area (Å²) < 4.78 is 10.9. The number of carbonyl (C=O) groups is 1. The van der Waals surface area contributed by atoms with Gasteiger partial charge in [0, 0.05) is 11.8 Å². The lowest BCUT2D eigenvalue weighted by Gasteiger charge is -2.38. The van der Waals surface area contributed by atoms with Crippen molar-refractivity contribution in [3.8, 4) is 0 Å². The molecule has 3 nitrogen and oxygen atoms in total. The molecule has 0 unspecified atom stereocenters. The van der Waals surface area contributed by atoms with Crippen LogP contribution in [0.4, 0.5) is 0 Å². The first kappa shape index (κ1) is 8.62. The van der Waals surface area contributed by atoms with Gasteiger partial charge in [0.25, 0.3) is 0 Å². The van der Waals surface area contributed by atoms with Crippen LogP contribution < -0.4 is 0 Å². The molecule has 0 N–H and O–H groups in total. The SMILES string of the molecule is C[C@@H]1C=CC[C@H]2[C@@H]1C(=O)[C@H]1OC[C@H]2O1. The number of Topliss-reactive ketones (excluding diaryl/α,β-unsaturated/α-hetero) is 1. The van der Waals surface area contributed by atoms with Crippen molar-refractivity contribution >= 4 is 5.78 Å². The molecular weight excluding hydrogens is 180 g/mol. The first-order valence-electron chi connectivity index (χ1n) is 5.25. The zero-order valence-electron chi connectivity index (χ0n) is 8.18. The summed E-state index contributed by atoms with van der Waals surface area (Å²) in [7, 11) is 0. The summed E-state index contributed by atoms with van der Waals surface area (Å²) in [5.74, 6) is 0.977. The van der Waals surface area contributed by atoms with Gasteiger partial charge in [-0.2, -0.15) is 0 Å². The Bertz CT molecular complexity index is 297. The van der Waals surface area contributed by atoms with E-state index < -0.39 is 6.29 Å². The van der Waals surface area contributed by atoms with Gasteiger partial charge >= 0.3 is 0 Å². The average molecular weight is 194 g/mol. The molecular formula is C11H14O3. The molecule has 2 heterocycles. The van der Waals surface area contributed by atoms with E-state index >= 15 is 0 Å². The molecule has 14 heavy (non-hydrogen) atoms. The lowest BCUT2D eigenvalue weighted by Crippen LogP contribution is -2.47. The van der Waals surface area contributed by atoms with E-state index in [9.17, 15) is 4.79 Å². The van der Waals surface area contributed by atoms with Crippen molar-refractivity contribution < 1.29 is 14.3 Å². The molecule has 2 aliphatic heterocycles. The molecule has 1 aliphatic carbocycles. The zero-order valence-corrected chi connectivity index (χ0v) is 8.18. The highest BCUT2D eigenvalue weighted by atomic mass is 16.7. The van der Waals surface area contributed by atoms with Crippen molar-refractivity contribution in [3.05, 3.63) is 12.2 Å². The summed E-state index contributed by atoms with van der Waals surface area (Å²) in [6, 6.07) is 0. The Morgan fingerprint density at radius 3 is 3.21 bits per heavy atom. The molecule has 0 aromatic rings. The van der Waals surface area contributed by atoms with Gasteiger partial charge in [-0.15, -0.1) is 0 Å². The zero-order chi connectivity index (χ0) is 9.71. The van der Waals surface area contributed by atoms with E-state index in [0.717, 1.165) is 6.42 Å². The molecule has 0 aromatic heterocycles. The van der Waals surface area contributed by atoms with Gasteiger partial charge in [0.1, 0.15) is 0 Å². The van der Waals surface area contributed by atoms with Crippen LogP contribution >= 0.6 is 0 Å². The van der Waals surface area contributed by atoms with Crippen molar-refractivity contribution in [2.45, 2.75) is 25.7 Å². The minimum absolute atomic E-state index is 0.131. The van der Waals surface area contributed by atoms with Crippen LogP contribution in [0.3, 0.4) is 0 Å². The highest BCUT2D eigenvalue weighted by Gasteiger charge is 2.51. The second-order valence-corrected chi connectivity index (χ2v) is 4.45. The first-order valence-corrected chi connectivity index (χ1v) is 5.25. The Morgan fingerprint density at radius 1 is 1.50 bits per heavy atom. The Balaban J connectivity index is 1.97. The van der Waals surface area contributed by atoms with Crippen molar-refractivity contribution in [2.75, 3.05) is 6.61 Å². The van der Waals surface area contributed by atoms with E-state index in [-0.39, 0.29) is 17.8 Å². The van der Waals surface area contributed by atoms with E-state index in [0.29, 0.717) is 18.4 Å². The fourth-order valence-electron chi connectivity index (χ4n) is 2.91.